The van der Waals surface area contributed by atoms with Gasteiger partial charge in [-0.2, -0.15) is 0 Å². The third kappa shape index (κ3) is 23.1. The Balaban J connectivity index is 2.41. The Hall–Kier alpha value is -5.93. The van der Waals surface area contributed by atoms with Crippen LogP contribution in [0.3, 0.4) is 0 Å². The van der Waals surface area contributed by atoms with Crippen LogP contribution in [-0.4, -0.2) is 167 Å². The third-order valence-corrected chi connectivity index (χ3v) is 15.6. The number of nitrogens with two attached hydrogens (primary N) is 7. The molecule has 0 aromatic heterocycles. The van der Waals surface area contributed by atoms with Gasteiger partial charge >= 0.3 is 6.03 Å². The van der Waals surface area contributed by atoms with E-state index in [-0.39, 0.29) is 74.2 Å². The van der Waals surface area contributed by atoms with Crippen molar-refractivity contribution in [3.63, 3.8) is 0 Å². The summed E-state index contributed by atoms with van der Waals surface area (Å²) in [5.74, 6) is -9.65. The van der Waals surface area contributed by atoms with Gasteiger partial charge in [-0.15, -0.1) is 0 Å². The summed E-state index contributed by atoms with van der Waals surface area (Å²) in [5, 5.41) is 22.7. The number of primary amides is 4. The van der Waals surface area contributed by atoms with Crippen LogP contribution in [0.2, 0.25) is 0 Å². The largest absolute Gasteiger partial charge is 0.370 e. The normalized spacial score (nSPS) is 20.5. The van der Waals surface area contributed by atoms with E-state index < -0.39 is 144 Å². The van der Waals surface area contributed by atoms with Crippen molar-refractivity contribution in [3.8, 4) is 0 Å². The van der Waals surface area contributed by atoms with E-state index in [0.29, 0.717) is 6.42 Å². The van der Waals surface area contributed by atoms with Crippen LogP contribution in [0.1, 0.15) is 65.2 Å². The molecular formula is C39H67N17O12S4. The standard InChI is InChI=1S/C39H67N17O12S4/c1-3-17(2)28(37(67)55-25-16-70-69-13-22(29(43)59)52-35(25)65)56-33(63)21(8-9-26(41)57)51-32(62)19(6-4-10-47-38(44)45)49-31(61)20(7-5-11-48-39(46)68)50-34(64)24-15-72-71-14-23(36(66)54-24)53-30(60)18(40)12-27(42)58/h17-25,28H,3-16,40H2,1-2H3,(H2,41,57)(H2,42,58)(H2,43,59)(H,49,61)(H,50,64)(H,51,62)(H,52,65)(H,53,60)(H,54,66)(H,55,67)(H,56,63)(H4,44,45,47)(H3,46,48,68)/t17-,18-,19-,20-,21-,22-,23-,24-,25-,28-/m0/s1. The van der Waals surface area contributed by atoms with E-state index in [2.05, 4.69) is 52.8 Å². The molecule has 0 bridgehead atoms. The van der Waals surface area contributed by atoms with Crippen LogP contribution in [0.5, 0.6) is 0 Å². The van der Waals surface area contributed by atoms with Crippen molar-refractivity contribution in [2.75, 3.05) is 36.1 Å². The molecule has 0 radical (unpaired) electrons. The number of rotatable bonds is 28. The molecule has 2 rings (SSSR count). The van der Waals surface area contributed by atoms with Crippen LogP contribution >= 0.6 is 43.2 Å². The quantitative estimate of drug-likeness (QED) is 0.0150. The number of urea groups is 1. The molecule has 72 heavy (non-hydrogen) atoms. The first-order chi connectivity index (χ1) is 33.9. The summed E-state index contributed by atoms with van der Waals surface area (Å²) < 4.78 is 0. The van der Waals surface area contributed by atoms with Crippen molar-refractivity contribution >= 4 is 120 Å². The van der Waals surface area contributed by atoms with Gasteiger partial charge in [0.1, 0.15) is 48.3 Å². The first-order valence-electron chi connectivity index (χ1n) is 22.6. The first-order valence-corrected chi connectivity index (χ1v) is 27.5. The predicted octanol–water partition coefficient (Wildman–Crippen LogP) is -6.84. The van der Waals surface area contributed by atoms with E-state index in [4.69, 9.17) is 40.1 Å². The van der Waals surface area contributed by atoms with Gasteiger partial charge in [0.15, 0.2) is 5.96 Å². The van der Waals surface area contributed by atoms with E-state index in [1.165, 1.54) is 21.6 Å². The van der Waals surface area contributed by atoms with Gasteiger partial charge in [0.25, 0.3) is 0 Å². The predicted molar refractivity (Wildman–Crippen MR) is 271 cm³/mol. The Labute approximate surface area is 430 Å². The van der Waals surface area contributed by atoms with Crippen molar-refractivity contribution in [2.24, 2.45) is 51.0 Å². The Kier molecular flexibility index (Phi) is 27.8. The molecular weight excluding hydrogens is 1030 g/mol. The van der Waals surface area contributed by atoms with Crippen molar-refractivity contribution < 1.29 is 57.5 Å². The van der Waals surface area contributed by atoms with Gasteiger partial charge in [0.05, 0.1) is 12.5 Å². The molecule has 2 aliphatic rings. The minimum Gasteiger partial charge on any atom is -0.370 e. The number of nitrogens with zero attached hydrogens (tertiary/aromatic N) is 1. The van der Waals surface area contributed by atoms with Crippen LogP contribution in [0, 0.1) is 5.92 Å². The minimum atomic E-state index is -1.55. The number of hydrogen-bond acceptors (Lipinski definition) is 18. The molecule has 13 amide bonds. The average molecular weight is 1090 g/mol. The SMILES string of the molecule is CC[C@H](C)[C@H](NC(=O)[C@H](CCC(N)=O)NC(=O)[C@H](CCCN=C(N)N)NC(=O)[C@H](CCCNC(N)=O)NC(=O)[C@@H]1CSSC[C@H](NC(=O)[C@@H](N)CC(N)=O)C(=O)N1)C(=O)N[C@H]1CSSC[C@@H](C(N)=O)NC1=O. The van der Waals surface area contributed by atoms with Crippen LogP contribution in [0.4, 0.5) is 4.79 Å². The molecule has 404 valence electrons. The summed E-state index contributed by atoms with van der Waals surface area (Å²) in [6.07, 6.45) is -1.13. The van der Waals surface area contributed by atoms with E-state index >= 15 is 0 Å². The first kappa shape index (κ1) is 62.2. The molecule has 2 saturated heterocycles. The lowest BCUT2D eigenvalue weighted by molar-refractivity contribution is -0.136. The molecule has 2 aliphatic heterocycles. The Morgan fingerprint density at radius 2 is 1.14 bits per heavy atom. The second kappa shape index (κ2) is 32.2. The van der Waals surface area contributed by atoms with Gasteiger partial charge in [0.2, 0.25) is 65.0 Å². The van der Waals surface area contributed by atoms with Gasteiger partial charge < -0.3 is 88.0 Å². The second-order valence-corrected chi connectivity index (χ2v) is 21.6. The summed E-state index contributed by atoms with van der Waals surface area (Å²) in [5.41, 5.74) is 37.9. The molecule has 0 unspecified atom stereocenters. The van der Waals surface area contributed by atoms with E-state index in [1.54, 1.807) is 13.8 Å². The van der Waals surface area contributed by atoms with Gasteiger partial charge in [-0.1, -0.05) is 63.4 Å². The number of aliphatic imine (C=N–C) groups is 1. The summed E-state index contributed by atoms with van der Waals surface area (Å²) in [6.45, 7) is 3.33. The minimum absolute atomic E-state index is 0.00266. The maximum Gasteiger partial charge on any atom is 0.312 e. The summed E-state index contributed by atoms with van der Waals surface area (Å²) in [4.78, 5) is 159. The lowest BCUT2D eigenvalue weighted by Gasteiger charge is -2.30. The molecule has 2 heterocycles. The highest BCUT2D eigenvalue weighted by molar-refractivity contribution is 8.77. The molecule has 23 N–H and O–H groups in total. The van der Waals surface area contributed by atoms with Crippen LogP contribution in [0.15, 0.2) is 4.99 Å². The molecule has 0 aliphatic carbocycles. The Bertz CT molecular complexity index is 2000. The number of amides is 13. The molecule has 0 aromatic carbocycles. The zero-order chi connectivity index (χ0) is 54.1. The smallest absolute Gasteiger partial charge is 0.312 e. The highest BCUT2D eigenvalue weighted by atomic mass is 33.1. The Morgan fingerprint density at radius 3 is 1.67 bits per heavy atom. The topological polar surface area (TPSA) is 508 Å². The van der Waals surface area contributed by atoms with Gasteiger partial charge in [-0.05, 0) is 38.0 Å². The fourth-order valence-corrected chi connectivity index (χ4v) is 11.2. The zero-order valence-electron chi connectivity index (χ0n) is 39.7. The lowest BCUT2D eigenvalue weighted by atomic mass is 9.97. The number of guanidine groups is 1. The molecule has 29 nitrogen and oxygen atoms in total. The summed E-state index contributed by atoms with van der Waals surface area (Å²) >= 11 is 0. The number of nitrogens with one attached hydrogen (secondary N) is 9. The summed E-state index contributed by atoms with van der Waals surface area (Å²) in [7, 11) is 4.80. The van der Waals surface area contributed by atoms with Crippen molar-refractivity contribution in [1.82, 2.24) is 47.9 Å². The molecule has 33 heteroatoms. The average Bonchev–Trinajstić information content (AvgIpc) is 3.29. The fraction of sp³-hybridized carbons (Fsp3) is 0.667. The zero-order valence-corrected chi connectivity index (χ0v) is 43.0. The molecule has 0 saturated carbocycles. The highest BCUT2D eigenvalue weighted by Crippen LogP contribution is 2.26. The van der Waals surface area contributed by atoms with Gasteiger partial charge in [-0.3, -0.25) is 57.7 Å². The van der Waals surface area contributed by atoms with Crippen LogP contribution in [0.25, 0.3) is 0 Å². The monoisotopic (exact) mass is 1090 g/mol. The van der Waals surface area contributed by atoms with Crippen LogP contribution in [-0.2, 0) is 52.7 Å². The number of carbonyl (C=O) groups is 12. The van der Waals surface area contributed by atoms with E-state index in [9.17, 15) is 57.5 Å². The van der Waals surface area contributed by atoms with Crippen molar-refractivity contribution in [1.29, 1.82) is 0 Å². The fourth-order valence-electron chi connectivity index (χ4n) is 6.49. The summed E-state index contributed by atoms with van der Waals surface area (Å²) in [6, 6.07) is -12.6. The van der Waals surface area contributed by atoms with E-state index in [1.807, 2.05) is 0 Å². The van der Waals surface area contributed by atoms with Crippen molar-refractivity contribution in [2.45, 2.75) is 120 Å². The van der Waals surface area contributed by atoms with Gasteiger partial charge in [-0.25, -0.2) is 4.79 Å². The second-order valence-electron chi connectivity index (χ2n) is 16.5. The molecule has 10 atom stereocenters. The number of carbonyl (C=O) groups excluding carboxylic acids is 12. The van der Waals surface area contributed by atoms with Crippen LogP contribution < -0.4 is 88.0 Å². The Morgan fingerprint density at radius 1 is 0.639 bits per heavy atom. The molecule has 0 spiro atoms. The number of hydrogen-bond donors (Lipinski definition) is 16. The van der Waals surface area contributed by atoms with Crippen molar-refractivity contribution in [3.05, 3.63) is 0 Å². The van der Waals surface area contributed by atoms with Gasteiger partial charge in [0, 0.05) is 42.5 Å². The highest BCUT2D eigenvalue weighted by Gasteiger charge is 2.37. The molecule has 2 fully saturated rings. The third-order valence-electron chi connectivity index (χ3n) is 10.7. The molecule has 0 aromatic rings. The van der Waals surface area contributed by atoms with E-state index in [0.717, 1.165) is 21.6 Å². The maximum atomic E-state index is 14.2. The lowest BCUT2D eigenvalue weighted by Crippen LogP contribution is -2.62. The maximum absolute atomic E-state index is 14.2.